The summed E-state index contributed by atoms with van der Waals surface area (Å²) in [6.07, 6.45) is 3.11. The molecule has 2 N–H and O–H groups in total. The van der Waals surface area contributed by atoms with Crippen LogP contribution in [0.25, 0.3) is 0 Å². The second-order valence-electron chi connectivity index (χ2n) is 4.41. The van der Waals surface area contributed by atoms with E-state index in [4.69, 9.17) is 27.3 Å². The molecule has 0 saturated heterocycles. The minimum atomic E-state index is 0.124. The second-order valence-corrected chi connectivity index (χ2v) is 4.82. The van der Waals surface area contributed by atoms with Crippen molar-refractivity contribution in [2.24, 2.45) is 5.73 Å². The molecule has 0 aliphatic rings. The van der Waals surface area contributed by atoms with Gasteiger partial charge in [0.15, 0.2) is 0 Å². The van der Waals surface area contributed by atoms with E-state index in [0.717, 1.165) is 24.8 Å². The quantitative estimate of drug-likeness (QED) is 0.771. The van der Waals surface area contributed by atoms with E-state index in [1.165, 1.54) is 0 Å². The molecule has 3 nitrogen and oxygen atoms in total. The third kappa shape index (κ3) is 5.39. The summed E-state index contributed by atoms with van der Waals surface area (Å²) in [5.41, 5.74) is 6.86. The first-order valence-electron chi connectivity index (χ1n) is 6.17. The normalized spacial score (nSPS) is 11.9. The Labute approximate surface area is 114 Å². The zero-order chi connectivity index (χ0) is 13.4. The monoisotopic (exact) mass is 266 g/mol. The van der Waals surface area contributed by atoms with E-state index in [9.17, 15) is 0 Å². The number of unbranched alkanes of at least 4 members (excludes halogenated alkanes) is 2. The molecule has 0 saturated carbocycles. The van der Waals surface area contributed by atoms with Gasteiger partial charge in [-0.25, -0.2) is 0 Å². The number of ether oxygens (including phenoxy) is 1. The molecule has 4 heteroatoms. The first-order chi connectivity index (χ1) is 8.63. The predicted octanol–water partition coefficient (Wildman–Crippen LogP) is 3.30. The van der Waals surface area contributed by atoms with Gasteiger partial charge in [-0.05, 0) is 43.9 Å². The molecule has 98 valence electrons. The average Bonchev–Trinajstić information content (AvgIpc) is 2.30. The van der Waals surface area contributed by atoms with Crippen LogP contribution in [0.3, 0.4) is 0 Å². The summed E-state index contributed by atoms with van der Waals surface area (Å²) in [5.74, 6) is 0.696. The molecule has 0 aliphatic carbocycles. The first kappa shape index (κ1) is 14.8. The number of halogens is 1. The highest BCUT2D eigenvalue weighted by Gasteiger charge is 2.04. The fourth-order valence-corrected chi connectivity index (χ4v) is 1.91. The number of nitrogens with zero attached hydrogens (tertiary/aromatic N) is 1. The SMILES string of the molecule is CC(N)Cc1ccc(OCCCCC#N)c(Cl)c1. The Hall–Kier alpha value is -1.24. The smallest absolute Gasteiger partial charge is 0.137 e. The van der Waals surface area contributed by atoms with Crippen LogP contribution < -0.4 is 10.5 Å². The van der Waals surface area contributed by atoms with Crippen LogP contribution in [-0.4, -0.2) is 12.6 Å². The summed E-state index contributed by atoms with van der Waals surface area (Å²) in [5, 5.41) is 9.03. The van der Waals surface area contributed by atoms with E-state index >= 15 is 0 Å². The van der Waals surface area contributed by atoms with Gasteiger partial charge in [0.05, 0.1) is 17.7 Å². The number of hydrogen-bond acceptors (Lipinski definition) is 3. The van der Waals surface area contributed by atoms with Gasteiger partial charge < -0.3 is 10.5 Å². The molecule has 0 radical (unpaired) electrons. The Bertz CT molecular complexity index is 413. The van der Waals surface area contributed by atoms with Crippen LogP contribution in [0, 0.1) is 11.3 Å². The van der Waals surface area contributed by atoms with E-state index in [1.54, 1.807) is 0 Å². The van der Waals surface area contributed by atoms with Crippen molar-refractivity contribution in [2.45, 2.75) is 38.6 Å². The van der Waals surface area contributed by atoms with Crippen molar-refractivity contribution in [3.05, 3.63) is 28.8 Å². The number of nitrogens with two attached hydrogens (primary N) is 1. The van der Waals surface area contributed by atoms with Crippen molar-refractivity contribution in [3.63, 3.8) is 0 Å². The molecular weight excluding hydrogens is 248 g/mol. The fraction of sp³-hybridized carbons (Fsp3) is 0.500. The van der Waals surface area contributed by atoms with Crippen molar-refractivity contribution in [3.8, 4) is 11.8 Å². The van der Waals surface area contributed by atoms with Crippen LogP contribution in [0.4, 0.5) is 0 Å². The zero-order valence-electron chi connectivity index (χ0n) is 10.7. The summed E-state index contributed by atoms with van der Waals surface area (Å²) in [6.45, 7) is 2.56. The molecule has 0 heterocycles. The van der Waals surface area contributed by atoms with E-state index in [0.29, 0.717) is 23.8 Å². The lowest BCUT2D eigenvalue weighted by Crippen LogP contribution is -2.17. The third-order valence-electron chi connectivity index (χ3n) is 2.49. The van der Waals surface area contributed by atoms with Gasteiger partial charge in [0, 0.05) is 12.5 Å². The lowest BCUT2D eigenvalue weighted by molar-refractivity contribution is 0.307. The van der Waals surface area contributed by atoms with E-state index in [-0.39, 0.29) is 6.04 Å². The summed E-state index contributed by atoms with van der Waals surface area (Å²) in [4.78, 5) is 0. The fourth-order valence-electron chi connectivity index (χ4n) is 1.65. The molecular formula is C14H19ClN2O. The van der Waals surface area contributed by atoms with Crippen molar-refractivity contribution >= 4 is 11.6 Å². The minimum Gasteiger partial charge on any atom is -0.492 e. The molecule has 0 fully saturated rings. The molecule has 0 amide bonds. The van der Waals surface area contributed by atoms with Crippen LogP contribution in [0.5, 0.6) is 5.75 Å². The van der Waals surface area contributed by atoms with Crippen LogP contribution in [0.2, 0.25) is 5.02 Å². The summed E-state index contributed by atoms with van der Waals surface area (Å²) in [7, 11) is 0. The Morgan fingerprint density at radius 1 is 1.44 bits per heavy atom. The average molecular weight is 267 g/mol. The maximum absolute atomic E-state index is 8.41. The highest BCUT2D eigenvalue weighted by molar-refractivity contribution is 6.32. The van der Waals surface area contributed by atoms with Gasteiger partial charge in [-0.2, -0.15) is 5.26 Å². The standard InChI is InChI=1S/C14H19ClN2O/c1-11(17)9-12-5-6-14(13(15)10-12)18-8-4-2-3-7-16/h5-6,10-11H,2-4,8-9,17H2,1H3. The van der Waals surface area contributed by atoms with Crippen LogP contribution in [0.15, 0.2) is 18.2 Å². The third-order valence-corrected chi connectivity index (χ3v) is 2.79. The molecule has 1 atom stereocenters. The highest BCUT2D eigenvalue weighted by Crippen LogP contribution is 2.26. The molecule has 1 unspecified atom stereocenters. The predicted molar refractivity (Wildman–Crippen MR) is 73.8 cm³/mol. The molecule has 0 aromatic heterocycles. The summed E-state index contributed by atoms with van der Waals surface area (Å²) < 4.78 is 5.57. The lowest BCUT2D eigenvalue weighted by atomic mass is 10.1. The topological polar surface area (TPSA) is 59.0 Å². The molecule has 1 aromatic carbocycles. The molecule has 18 heavy (non-hydrogen) atoms. The molecule has 1 rings (SSSR count). The number of nitriles is 1. The summed E-state index contributed by atoms with van der Waals surface area (Å²) >= 11 is 6.13. The first-order valence-corrected chi connectivity index (χ1v) is 6.55. The zero-order valence-corrected chi connectivity index (χ0v) is 11.4. The maximum atomic E-state index is 8.41. The summed E-state index contributed by atoms with van der Waals surface area (Å²) in [6, 6.07) is 8.00. The van der Waals surface area contributed by atoms with Gasteiger partial charge in [0.1, 0.15) is 5.75 Å². The van der Waals surface area contributed by atoms with Crippen molar-refractivity contribution in [2.75, 3.05) is 6.61 Å². The van der Waals surface area contributed by atoms with Gasteiger partial charge >= 0.3 is 0 Å². The van der Waals surface area contributed by atoms with Gasteiger partial charge in [0.2, 0.25) is 0 Å². The van der Waals surface area contributed by atoms with Crippen molar-refractivity contribution in [1.82, 2.24) is 0 Å². The Kier molecular flexibility index (Phi) is 6.56. The van der Waals surface area contributed by atoms with Gasteiger partial charge in [-0.3, -0.25) is 0 Å². The van der Waals surface area contributed by atoms with E-state index in [1.807, 2.05) is 25.1 Å². The van der Waals surface area contributed by atoms with Crippen molar-refractivity contribution < 1.29 is 4.74 Å². The minimum absolute atomic E-state index is 0.124. The van der Waals surface area contributed by atoms with Gasteiger partial charge in [-0.15, -0.1) is 0 Å². The van der Waals surface area contributed by atoms with Crippen LogP contribution >= 0.6 is 11.6 Å². The van der Waals surface area contributed by atoms with E-state index in [2.05, 4.69) is 6.07 Å². The Morgan fingerprint density at radius 3 is 2.83 bits per heavy atom. The van der Waals surface area contributed by atoms with Crippen LogP contribution in [0.1, 0.15) is 31.7 Å². The Balaban J connectivity index is 2.45. The van der Waals surface area contributed by atoms with Gasteiger partial charge in [-0.1, -0.05) is 17.7 Å². The maximum Gasteiger partial charge on any atom is 0.137 e. The molecule has 0 bridgehead atoms. The Morgan fingerprint density at radius 2 is 2.22 bits per heavy atom. The molecule has 1 aromatic rings. The number of hydrogen-bond donors (Lipinski definition) is 1. The lowest BCUT2D eigenvalue weighted by Gasteiger charge is -2.10. The number of rotatable bonds is 7. The molecule has 0 spiro atoms. The van der Waals surface area contributed by atoms with Crippen LogP contribution in [-0.2, 0) is 6.42 Å². The number of benzene rings is 1. The second kappa shape index (κ2) is 7.97. The van der Waals surface area contributed by atoms with E-state index < -0.39 is 0 Å². The largest absolute Gasteiger partial charge is 0.492 e. The van der Waals surface area contributed by atoms with Crippen molar-refractivity contribution in [1.29, 1.82) is 5.26 Å². The molecule has 0 aliphatic heterocycles. The highest BCUT2D eigenvalue weighted by atomic mass is 35.5. The van der Waals surface area contributed by atoms with Gasteiger partial charge in [0.25, 0.3) is 0 Å².